The molecule has 2 amide bonds. The Kier molecular flexibility index (Phi) is 5.49. The molecule has 3 aromatic rings. The number of hydrogen-bond donors (Lipinski definition) is 2. The third-order valence-electron chi connectivity index (χ3n) is 5.16. The summed E-state index contributed by atoms with van der Waals surface area (Å²) in [7, 11) is 0. The molecular formula is C22H29N5O2S. The van der Waals surface area contributed by atoms with Gasteiger partial charge in [-0.1, -0.05) is 13.8 Å². The first kappa shape index (κ1) is 22.0. The lowest BCUT2D eigenvalue weighted by Crippen LogP contribution is -2.24. The van der Waals surface area contributed by atoms with Gasteiger partial charge in [-0.15, -0.1) is 11.3 Å². The van der Waals surface area contributed by atoms with E-state index in [9.17, 15) is 9.59 Å². The first-order valence-corrected chi connectivity index (χ1v) is 10.8. The monoisotopic (exact) mass is 427 g/mol. The Balaban J connectivity index is 2.21. The van der Waals surface area contributed by atoms with Crippen molar-refractivity contribution >= 4 is 39.2 Å². The van der Waals surface area contributed by atoms with E-state index >= 15 is 0 Å². The van der Waals surface area contributed by atoms with Crippen LogP contribution in [0.5, 0.6) is 0 Å². The van der Waals surface area contributed by atoms with Gasteiger partial charge in [0.1, 0.15) is 5.00 Å². The predicted molar refractivity (Wildman–Crippen MR) is 122 cm³/mol. The standard InChI is InChI=1S/C22H29N5O2S/c1-10(2)15-9-14(17-12(4)26-27(19(17)24-15)22(6,7)8)20(29)25-21-16(18(23)28)11(3)13(5)30-21/h9-10H,1-8H3,(H2,23,28)(H,25,29). The second-order valence-corrected chi connectivity index (χ2v) is 10.1. The molecule has 0 saturated heterocycles. The number of primary amides is 1. The number of nitrogens with two attached hydrogens (primary N) is 1. The van der Waals surface area contributed by atoms with Crippen molar-refractivity contribution in [1.29, 1.82) is 0 Å². The number of aryl methyl sites for hydroxylation is 2. The molecule has 3 N–H and O–H groups in total. The molecule has 0 spiro atoms. The zero-order chi connectivity index (χ0) is 22.5. The Labute approximate surface area is 180 Å². The van der Waals surface area contributed by atoms with Gasteiger partial charge in [0, 0.05) is 10.6 Å². The first-order valence-electron chi connectivity index (χ1n) is 9.94. The van der Waals surface area contributed by atoms with Crippen molar-refractivity contribution in [2.45, 2.75) is 66.8 Å². The zero-order valence-electron chi connectivity index (χ0n) is 18.8. The summed E-state index contributed by atoms with van der Waals surface area (Å²) in [6, 6.07) is 1.82. The molecule has 3 heterocycles. The Morgan fingerprint density at radius 1 is 1.20 bits per heavy atom. The third-order valence-corrected chi connectivity index (χ3v) is 6.29. The third kappa shape index (κ3) is 3.71. The van der Waals surface area contributed by atoms with Crippen molar-refractivity contribution in [3.05, 3.63) is 39.0 Å². The molecular weight excluding hydrogens is 398 g/mol. The predicted octanol–water partition coefficient (Wildman–Crippen LogP) is 4.65. The minimum atomic E-state index is -0.549. The SMILES string of the molecule is Cc1sc(NC(=O)c2cc(C(C)C)nc3c2c(C)nn3C(C)(C)C)c(C(N)=O)c1C. The van der Waals surface area contributed by atoms with Crippen molar-refractivity contribution in [3.8, 4) is 0 Å². The smallest absolute Gasteiger partial charge is 0.257 e. The maximum absolute atomic E-state index is 13.4. The maximum Gasteiger partial charge on any atom is 0.257 e. The number of nitrogens with zero attached hydrogens (tertiary/aromatic N) is 3. The number of fused-ring (bicyclic) bond motifs is 1. The molecule has 8 heteroatoms. The van der Waals surface area contributed by atoms with Crippen LogP contribution in [0.1, 0.15) is 83.1 Å². The number of anilines is 1. The molecule has 0 aliphatic rings. The largest absolute Gasteiger partial charge is 0.365 e. The van der Waals surface area contributed by atoms with E-state index in [0.29, 0.717) is 21.8 Å². The Hall–Kier alpha value is -2.74. The van der Waals surface area contributed by atoms with Gasteiger partial charge in [0.2, 0.25) is 0 Å². The highest BCUT2D eigenvalue weighted by Gasteiger charge is 2.26. The van der Waals surface area contributed by atoms with Crippen LogP contribution in [-0.4, -0.2) is 26.6 Å². The number of aromatic nitrogens is 3. The lowest BCUT2D eigenvalue weighted by atomic mass is 10.0. The normalized spacial score (nSPS) is 12.0. The highest BCUT2D eigenvalue weighted by atomic mass is 32.1. The van der Waals surface area contributed by atoms with Crippen LogP contribution in [0.2, 0.25) is 0 Å². The van der Waals surface area contributed by atoms with Gasteiger partial charge in [0.15, 0.2) is 5.65 Å². The number of thiophene rings is 1. The second-order valence-electron chi connectivity index (χ2n) is 8.92. The lowest BCUT2D eigenvalue weighted by molar-refractivity contribution is 0.100. The number of nitrogens with one attached hydrogen (secondary N) is 1. The van der Waals surface area contributed by atoms with Crippen molar-refractivity contribution in [2.75, 3.05) is 5.32 Å². The van der Waals surface area contributed by atoms with E-state index in [1.807, 2.05) is 45.4 Å². The van der Waals surface area contributed by atoms with Crippen LogP contribution in [0.25, 0.3) is 11.0 Å². The number of carbonyl (C=O) groups is 2. The molecule has 0 aliphatic carbocycles. The zero-order valence-corrected chi connectivity index (χ0v) is 19.6. The van der Waals surface area contributed by atoms with E-state index in [2.05, 4.69) is 31.2 Å². The molecule has 0 bridgehead atoms. The molecule has 0 saturated carbocycles. The highest BCUT2D eigenvalue weighted by molar-refractivity contribution is 7.16. The van der Waals surface area contributed by atoms with Gasteiger partial charge in [0.25, 0.3) is 11.8 Å². The summed E-state index contributed by atoms with van der Waals surface area (Å²) in [5.41, 5.74) is 9.17. The average Bonchev–Trinajstić information content (AvgIpc) is 3.11. The number of rotatable bonds is 4. The molecule has 3 aromatic heterocycles. The molecule has 0 fully saturated rings. The van der Waals surface area contributed by atoms with E-state index in [0.717, 1.165) is 27.2 Å². The second kappa shape index (κ2) is 7.50. The summed E-state index contributed by atoms with van der Waals surface area (Å²) in [4.78, 5) is 31.1. The Morgan fingerprint density at radius 2 is 1.83 bits per heavy atom. The number of carbonyl (C=O) groups excluding carboxylic acids is 2. The van der Waals surface area contributed by atoms with Gasteiger partial charge in [-0.3, -0.25) is 9.59 Å². The number of pyridine rings is 1. The molecule has 0 radical (unpaired) electrons. The average molecular weight is 428 g/mol. The molecule has 160 valence electrons. The minimum absolute atomic E-state index is 0.136. The fraction of sp³-hybridized carbons (Fsp3) is 0.455. The summed E-state index contributed by atoms with van der Waals surface area (Å²) in [6.45, 7) is 15.9. The summed E-state index contributed by atoms with van der Waals surface area (Å²) >= 11 is 1.35. The molecule has 3 rings (SSSR count). The van der Waals surface area contributed by atoms with E-state index in [1.165, 1.54) is 11.3 Å². The fourth-order valence-electron chi connectivity index (χ4n) is 3.43. The summed E-state index contributed by atoms with van der Waals surface area (Å²) in [6.07, 6.45) is 0. The van der Waals surface area contributed by atoms with Crippen molar-refractivity contribution in [2.24, 2.45) is 5.73 Å². The topological polar surface area (TPSA) is 103 Å². The van der Waals surface area contributed by atoms with Crippen LogP contribution in [0, 0.1) is 20.8 Å². The van der Waals surface area contributed by atoms with E-state index in [-0.39, 0.29) is 17.4 Å². The van der Waals surface area contributed by atoms with E-state index in [1.54, 1.807) is 0 Å². The Morgan fingerprint density at radius 3 is 2.37 bits per heavy atom. The van der Waals surface area contributed by atoms with Gasteiger partial charge in [0.05, 0.1) is 27.7 Å². The fourth-order valence-corrected chi connectivity index (χ4v) is 4.49. The van der Waals surface area contributed by atoms with Gasteiger partial charge < -0.3 is 11.1 Å². The maximum atomic E-state index is 13.4. The van der Waals surface area contributed by atoms with Crippen LogP contribution < -0.4 is 11.1 Å². The summed E-state index contributed by atoms with van der Waals surface area (Å²) in [5, 5.41) is 8.79. The first-order chi connectivity index (χ1) is 13.8. The van der Waals surface area contributed by atoms with Crippen molar-refractivity contribution in [3.63, 3.8) is 0 Å². The Bertz CT molecular complexity index is 1160. The van der Waals surface area contributed by atoms with Crippen molar-refractivity contribution in [1.82, 2.24) is 14.8 Å². The van der Waals surface area contributed by atoms with Crippen LogP contribution in [0.15, 0.2) is 6.07 Å². The summed E-state index contributed by atoms with van der Waals surface area (Å²) in [5.74, 6) is -0.715. The van der Waals surface area contributed by atoms with Crippen molar-refractivity contribution < 1.29 is 9.59 Å². The molecule has 30 heavy (non-hydrogen) atoms. The van der Waals surface area contributed by atoms with Crippen LogP contribution >= 0.6 is 11.3 Å². The molecule has 0 aliphatic heterocycles. The lowest BCUT2D eigenvalue weighted by Gasteiger charge is -2.20. The van der Waals surface area contributed by atoms with E-state index < -0.39 is 5.91 Å². The van der Waals surface area contributed by atoms with Crippen LogP contribution in [0.4, 0.5) is 5.00 Å². The van der Waals surface area contributed by atoms with E-state index in [4.69, 9.17) is 10.7 Å². The highest BCUT2D eigenvalue weighted by Crippen LogP contribution is 2.34. The quantitative estimate of drug-likeness (QED) is 0.632. The van der Waals surface area contributed by atoms with Gasteiger partial charge in [-0.25, -0.2) is 9.67 Å². The molecule has 0 unspecified atom stereocenters. The number of hydrogen-bond acceptors (Lipinski definition) is 5. The minimum Gasteiger partial charge on any atom is -0.365 e. The van der Waals surface area contributed by atoms with Gasteiger partial charge >= 0.3 is 0 Å². The molecule has 0 aromatic carbocycles. The molecule has 0 atom stereocenters. The van der Waals surface area contributed by atoms with Gasteiger partial charge in [-0.05, 0) is 59.1 Å². The van der Waals surface area contributed by atoms with Gasteiger partial charge in [-0.2, -0.15) is 5.10 Å². The summed E-state index contributed by atoms with van der Waals surface area (Å²) < 4.78 is 1.87. The number of amides is 2. The van der Waals surface area contributed by atoms with Crippen LogP contribution in [0.3, 0.4) is 0 Å². The van der Waals surface area contributed by atoms with Crippen LogP contribution in [-0.2, 0) is 5.54 Å². The molecule has 7 nitrogen and oxygen atoms in total.